The van der Waals surface area contributed by atoms with E-state index in [4.69, 9.17) is 19.8 Å². The van der Waals surface area contributed by atoms with Crippen LogP contribution in [0.1, 0.15) is 19.8 Å². The van der Waals surface area contributed by atoms with Crippen LogP contribution in [0.5, 0.6) is 17.4 Å². The van der Waals surface area contributed by atoms with Gasteiger partial charge in [-0.3, -0.25) is 0 Å². The Hall–Kier alpha value is -3.66. The second-order valence-corrected chi connectivity index (χ2v) is 8.35. The number of hydrogen-bond donors (Lipinski definition) is 1. The van der Waals surface area contributed by atoms with Crippen molar-refractivity contribution in [3.63, 3.8) is 0 Å². The number of nitrogen functional groups attached to an aromatic ring is 1. The van der Waals surface area contributed by atoms with E-state index >= 15 is 0 Å². The highest BCUT2D eigenvalue weighted by atomic mass is 16.6. The maximum Gasteiger partial charge on any atom is 0.221 e. The number of piperidine rings is 1. The van der Waals surface area contributed by atoms with Gasteiger partial charge in [0.05, 0.1) is 18.3 Å². The lowest BCUT2D eigenvalue weighted by atomic mass is 10.00. The number of ether oxygens (including phenoxy) is 2. The smallest absolute Gasteiger partial charge is 0.221 e. The number of rotatable bonds is 7. The van der Waals surface area contributed by atoms with Gasteiger partial charge in [-0.15, -0.1) is 0 Å². The average Bonchev–Trinajstić information content (AvgIpc) is 3.40. The van der Waals surface area contributed by atoms with Crippen molar-refractivity contribution in [2.45, 2.75) is 26.3 Å². The lowest BCUT2D eigenvalue weighted by molar-refractivity contribution is 0.150. The molecule has 172 valence electrons. The van der Waals surface area contributed by atoms with Gasteiger partial charge in [-0.25, -0.2) is 14.6 Å². The number of aromatic nitrogens is 5. The Balaban J connectivity index is 1.34. The lowest BCUT2D eigenvalue weighted by Crippen LogP contribution is -2.34. The Morgan fingerprint density at radius 2 is 2.09 bits per heavy atom. The molecular formula is C23H27N7O3. The summed E-state index contributed by atoms with van der Waals surface area (Å²) < 4.78 is 18.8. The van der Waals surface area contributed by atoms with Crippen molar-refractivity contribution >= 4 is 16.9 Å². The molecule has 4 aromatic rings. The second kappa shape index (κ2) is 9.07. The fourth-order valence-electron chi connectivity index (χ4n) is 4.29. The largest absolute Gasteiger partial charge is 0.493 e. The minimum absolute atomic E-state index is 0.195. The summed E-state index contributed by atoms with van der Waals surface area (Å²) in [6, 6.07) is 9.50. The first-order valence-electron chi connectivity index (χ1n) is 11.1. The Morgan fingerprint density at radius 1 is 1.21 bits per heavy atom. The molecule has 10 nitrogen and oxygen atoms in total. The van der Waals surface area contributed by atoms with E-state index in [-0.39, 0.29) is 5.82 Å². The third-order valence-corrected chi connectivity index (χ3v) is 5.89. The molecule has 1 unspecified atom stereocenters. The lowest BCUT2D eigenvalue weighted by Gasteiger charge is -2.29. The zero-order valence-corrected chi connectivity index (χ0v) is 18.8. The normalized spacial score (nSPS) is 16.8. The molecule has 3 aromatic heterocycles. The van der Waals surface area contributed by atoms with Crippen LogP contribution in [-0.4, -0.2) is 56.5 Å². The van der Waals surface area contributed by atoms with Crippen molar-refractivity contribution in [3.05, 3.63) is 36.5 Å². The van der Waals surface area contributed by atoms with Gasteiger partial charge in [0.1, 0.15) is 17.0 Å². The molecule has 0 bridgehead atoms. The Bertz CT molecular complexity index is 1250. The molecule has 0 aliphatic carbocycles. The van der Waals surface area contributed by atoms with E-state index < -0.39 is 0 Å². The van der Waals surface area contributed by atoms with E-state index in [0.29, 0.717) is 47.7 Å². The van der Waals surface area contributed by atoms with Crippen LogP contribution in [0.3, 0.4) is 0 Å². The molecule has 2 N–H and O–H groups in total. The minimum atomic E-state index is 0.195. The maximum absolute atomic E-state index is 6.06. The molecule has 1 saturated heterocycles. The first-order chi connectivity index (χ1) is 16.1. The first-order valence-corrected chi connectivity index (χ1v) is 11.1. The van der Waals surface area contributed by atoms with Crippen LogP contribution in [0.15, 0.2) is 41.2 Å². The van der Waals surface area contributed by atoms with E-state index in [1.54, 1.807) is 6.20 Å². The summed E-state index contributed by atoms with van der Waals surface area (Å²) in [6.07, 6.45) is 4.09. The zero-order valence-electron chi connectivity index (χ0n) is 18.8. The molecule has 10 heteroatoms. The van der Waals surface area contributed by atoms with Gasteiger partial charge in [-0.05, 0) is 55.8 Å². The molecule has 4 heterocycles. The van der Waals surface area contributed by atoms with Crippen molar-refractivity contribution in [1.82, 2.24) is 29.7 Å². The molecule has 0 saturated carbocycles. The Kier molecular flexibility index (Phi) is 5.82. The van der Waals surface area contributed by atoms with Crippen LogP contribution in [0.2, 0.25) is 0 Å². The Labute approximate surface area is 191 Å². The summed E-state index contributed by atoms with van der Waals surface area (Å²) in [6.45, 7) is 5.61. The number of imidazole rings is 1. The zero-order chi connectivity index (χ0) is 22.8. The van der Waals surface area contributed by atoms with Crippen molar-refractivity contribution in [2.24, 2.45) is 5.92 Å². The number of benzene rings is 1. The molecule has 1 aliphatic heterocycles. The predicted molar refractivity (Wildman–Crippen MR) is 123 cm³/mol. The van der Waals surface area contributed by atoms with Crippen molar-refractivity contribution < 1.29 is 14.1 Å². The van der Waals surface area contributed by atoms with E-state index in [0.717, 1.165) is 17.8 Å². The van der Waals surface area contributed by atoms with E-state index in [2.05, 4.69) is 32.2 Å². The highest BCUT2D eigenvalue weighted by molar-refractivity contribution is 5.81. The molecule has 1 aliphatic rings. The van der Waals surface area contributed by atoms with Crippen LogP contribution in [-0.2, 0) is 6.54 Å². The summed E-state index contributed by atoms with van der Waals surface area (Å²) in [4.78, 5) is 11.4. The first kappa shape index (κ1) is 21.2. The van der Waals surface area contributed by atoms with Gasteiger partial charge >= 0.3 is 0 Å². The fraction of sp³-hybridized carbons (Fsp3) is 0.391. The monoisotopic (exact) mass is 449 g/mol. The van der Waals surface area contributed by atoms with Gasteiger partial charge in [0.15, 0.2) is 17.3 Å². The second-order valence-electron chi connectivity index (χ2n) is 8.35. The predicted octanol–water partition coefficient (Wildman–Crippen LogP) is 3.60. The molecule has 0 spiro atoms. The van der Waals surface area contributed by atoms with Gasteiger partial charge in [0.2, 0.25) is 5.88 Å². The third kappa shape index (κ3) is 4.47. The Morgan fingerprint density at radius 3 is 2.88 bits per heavy atom. The summed E-state index contributed by atoms with van der Waals surface area (Å²) >= 11 is 0. The summed E-state index contributed by atoms with van der Waals surface area (Å²) in [5, 5.41) is 7.53. The van der Waals surface area contributed by atoms with Crippen LogP contribution in [0.25, 0.3) is 22.6 Å². The van der Waals surface area contributed by atoms with Crippen LogP contribution >= 0.6 is 0 Å². The molecule has 33 heavy (non-hydrogen) atoms. The standard InChI is InChI=1S/C23H27N7O3/c1-3-30-19-11-20(25-12-18(19)26-23(30)21-22(24)28-33-27-21)32-17-8-4-7-16(10-17)31-14-15-6-5-9-29(2)13-15/h4,7-8,10-12,15H,3,5-6,9,13-14H2,1-2H3,(H2,24,28). The molecule has 0 radical (unpaired) electrons. The number of anilines is 1. The fourth-order valence-corrected chi connectivity index (χ4v) is 4.29. The van der Waals surface area contributed by atoms with Crippen LogP contribution in [0, 0.1) is 5.92 Å². The minimum Gasteiger partial charge on any atom is -0.493 e. The van der Waals surface area contributed by atoms with E-state index in [1.807, 2.05) is 41.8 Å². The van der Waals surface area contributed by atoms with E-state index in [1.165, 1.54) is 19.4 Å². The van der Waals surface area contributed by atoms with Gasteiger partial charge < -0.3 is 24.7 Å². The van der Waals surface area contributed by atoms with Crippen molar-refractivity contribution in [2.75, 3.05) is 32.5 Å². The molecule has 1 aromatic carbocycles. The number of aryl methyl sites for hydroxylation is 1. The average molecular weight is 450 g/mol. The summed E-state index contributed by atoms with van der Waals surface area (Å²) in [5.41, 5.74) is 7.83. The van der Waals surface area contributed by atoms with Crippen LogP contribution < -0.4 is 15.2 Å². The van der Waals surface area contributed by atoms with Crippen LogP contribution in [0.4, 0.5) is 5.82 Å². The molecule has 1 fully saturated rings. The van der Waals surface area contributed by atoms with Crippen molar-refractivity contribution in [3.8, 4) is 28.9 Å². The highest BCUT2D eigenvalue weighted by Crippen LogP contribution is 2.30. The number of hydrogen-bond acceptors (Lipinski definition) is 9. The summed E-state index contributed by atoms with van der Waals surface area (Å²) in [7, 11) is 2.16. The molecule has 5 rings (SSSR count). The summed E-state index contributed by atoms with van der Waals surface area (Å²) in [5.74, 6) is 3.23. The number of nitrogens with zero attached hydrogens (tertiary/aromatic N) is 6. The number of nitrogens with two attached hydrogens (primary N) is 1. The highest BCUT2D eigenvalue weighted by Gasteiger charge is 2.20. The number of pyridine rings is 1. The van der Waals surface area contributed by atoms with Gasteiger partial charge in [-0.1, -0.05) is 6.07 Å². The number of fused-ring (bicyclic) bond motifs is 1. The topological polar surface area (TPSA) is 117 Å². The molecule has 1 atom stereocenters. The van der Waals surface area contributed by atoms with Crippen molar-refractivity contribution in [1.29, 1.82) is 0 Å². The number of likely N-dealkylation sites (tertiary alicyclic amines) is 1. The molecular weight excluding hydrogens is 422 g/mol. The van der Waals surface area contributed by atoms with Gasteiger partial charge in [-0.2, -0.15) is 0 Å². The van der Waals surface area contributed by atoms with Gasteiger partial charge in [0, 0.05) is 31.1 Å². The molecule has 0 amide bonds. The van der Waals surface area contributed by atoms with Gasteiger partial charge in [0.25, 0.3) is 0 Å². The maximum atomic E-state index is 6.06. The SMILES string of the molecule is CCn1c(-c2nonc2N)nc2cnc(Oc3cccc(OCC4CCCN(C)C4)c3)cc21. The third-order valence-electron chi connectivity index (χ3n) is 5.89. The quantitative estimate of drug-likeness (QED) is 0.451. The van der Waals surface area contributed by atoms with E-state index in [9.17, 15) is 0 Å².